The predicted molar refractivity (Wildman–Crippen MR) is 85.5 cm³/mol. The molecule has 21 heavy (non-hydrogen) atoms. The predicted octanol–water partition coefficient (Wildman–Crippen LogP) is 3.80. The highest BCUT2D eigenvalue weighted by atomic mass is 32.1. The summed E-state index contributed by atoms with van der Waals surface area (Å²) in [5, 5.41) is 0. The van der Waals surface area contributed by atoms with Crippen LogP contribution in [0.2, 0.25) is 0 Å². The molecule has 110 valence electrons. The van der Waals surface area contributed by atoms with Crippen molar-refractivity contribution in [1.82, 2.24) is 0 Å². The SMILES string of the molecule is CC(c1ccccc1F)N(C)c1ccc(F)cc1C(N)=S. The van der Waals surface area contributed by atoms with Gasteiger partial charge in [-0.05, 0) is 31.2 Å². The quantitative estimate of drug-likeness (QED) is 0.871. The van der Waals surface area contributed by atoms with Gasteiger partial charge in [0.1, 0.15) is 16.6 Å². The van der Waals surface area contributed by atoms with Crippen LogP contribution in [0.3, 0.4) is 0 Å². The molecule has 2 nitrogen and oxygen atoms in total. The molecule has 2 N–H and O–H groups in total. The van der Waals surface area contributed by atoms with Crippen LogP contribution in [0.1, 0.15) is 24.1 Å². The summed E-state index contributed by atoms with van der Waals surface area (Å²) in [6.45, 7) is 1.87. The van der Waals surface area contributed by atoms with Crippen LogP contribution >= 0.6 is 12.2 Å². The molecule has 1 unspecified atom stereocenters. The zero-order chi connectivity index (χ0) is 15.6. The highest BCUT2D eigenvalue weighted by Gasteiger charge is 2.19. The molecule has 2 aromatic carbocycles. The van der Waals surface area contributed by atoms with Gasteiger partial charge in [-0.3, -0.25) is 0 Å². The summed E-state index contributed by atoms with van der Waals surface area (Å²) in [4.78, 5) is 1.93. The van der Waals surface area contributed by atoms with Crippen LogP contribution < -0.4 is 10.6 Å². The Balaban J connectivity index is 2.43. The lowest BCUT2D eigenvalue weighted by molar-refractivity contribution is 0.585. The number of nitrogens with zero attached hydrogens (tertiary/aromatic N) is 1. The number of hydrogen-bond donors (Lipinski definition) is 1. The third kappa shape index (κ3) is 3.19. The number of hydrogen-bond acceptors (Lipinski definition) is 2. The molecular weight excluding hydrogens is 290 g/mol. The zero-order valence-corrected chi connectivity index (χ0v) is 12.6. The Morgan fingerprint density at radius 2 is 1.86 bits per heavy atom. The van der Waals surface area contributed by atoms with Crippen molar-refractivity contribution in [3.8, 4) is 0 Å². The molecule has 1 atom stereocenters. The molecule has 0 aliphatic rings. The summed E-state index contributed by atoms with van der Waals surface area (Å²) in [6.07, 6.45) is 0. The van der Waals surface area contributed by atoms with E-state index in [0.717, 1.165) is 0 Å². The fourth-order valence-corrected chi connectivity index (χ4v) is 2.41. The number of thiocarbonyl (C=S) groups is 1. The van der Waals surface area contributed by atoms with Gasteiger partial charge in [0.05, 0.1) is 6.04 Å². The largest absolute Gasteiger partial charge is 0.389 e. The second-order valence-electron chi connectivity index (χ2n) is 4.83. The van der Waals surface area contributed by atoms with Gasteiger partial charge in [0.25, 0.3) is 0 Å². The summed E-state index contributed by atoms with van der Waals surface area (Å²) in [7, 11) is 1.80. The highest BCUT2D eigenvalue weighted by molar-refractivity contribution is 7.80. The third-order valence-electron chi connectivity index (χ3n) is 3.54. The minimum Gasteiger partial charge on any atom is -0.389 e. The maximum atomic E-state index is 13.9. The van der Waals surface area contributed by atoms with Gasteiger partial charge in [0.15, 0.2) is 0 Å². The van der Waals surface area contributed by atoms with Crippen LogP contribution in [0.25, 0.3) is 0 Å². The minimum absolute atomic E-state index is 0.108. The second-order valence-corrected chi connectivity index (χ2v) is 5.27. The molecule has 5 heteroatoms. The molecule has 0 heterocycles. The minimum atomic E-state index is -0.409. The Morgan fingerprint density at radius 1 is 1.19 bits per heavy atom. The van der Waals surface area contributed by atoms with Gasteiger partial charge in [-0.15, -0.1) is 0 Å². The number of nitrogens with two attached hydrogens (primary N) is 1. The molecule has 0 bridgehead atoms. The van der Waals surface area contributed by atoms with Crippen molar-refractivity contribution in [1.29, 1.82) is 0 Å². The fraction of sp³-hybridized carbons (Fsp3) is 0.188. The number of halogens is 2. The van der Waals surface area contributed by atoms with Crippen molar-refractivity contribution < 1.29 is 8.78 Å². The van der Waals surface area contributed by atoms with Crippen molar-refractivity contribution >= 4 is 22.9 Å². The van der Waals surface area contributed by atoms with Crippen LogP contribution in [0.5, 0.6) is 0 Å². The molecule has 0 aliphatic carbocycles. The maximum Gasteiger partial charge on any atom is 0.128 e. The molecule has 0 spiro atoms. The fourth-order valence-electron chi connectivity index (χ4n) is 2.24. The van der Waals surface area contributed by atoms with Gasteiger partial charge in [0, 0.05) is 23.9 Å². The van der Waals surface area contributed by atoms with E-state index in [-0.39, 0.29) is 16.8 Å². The Labute approximate surface area is 128 Å². The Bertz CT molecular complexity index is 673. The molecule has 0 aliphatic heterocycles. The summed E-state index contributed by atoms with van der Waals surface area (Å²) in [6, 6.07) is 10.5. The van der Waals surface area contributed by atoms with Gasteiger partial charge >= 0.3 is 0 Å². The highest BCUT2D eigenvalue weighted by Crippen LogP contribution is 2.29. The van der Waals surface area contributed by atoms with Crippen molar-refractivity contribution in [2.45, 2.75) is 13.0 Å². The number of benzene rings is 2. The summed E-state index contributed by atoms with van der Waals surface area (Å²) in [5.41, 5.74) is 7.31. The molecule has 0 radical (unpaired) electrons. The zero-order valence-electron chi connectivity index (χ0n) is 11.8. The first-order chi connectivity index (χ1) is 9.91. The lowest BCUT2D eigenvalue weighted by Gasteiger charge is -2.29. The Morgan fingerprint density at radius 3 is 2.48 bits per heavy atom. The molecule has 2 rings (SSSR count). The molecule has 0 amide bonds. The number of rotatable bonds is 4. The van der Waals surface area contributed by atoms with Crippen molar-refractivity contribution in [2.75, 3.05) is 11.9 Å². The Kier molecular flexibility index (Phi) is 4.53. The van der Waals surface area contributed by atoms with E-state index in [9.17, 15) is 8.78 Å². The summed E-state index contributed by atoms with van der Waals surface area (Å²) in [5.74, 6) is -0.690. The topological polar surface area (TPSA) is 29.3 Å². The van der Waals surface area contributed by atoms with E-state index in [2.05, 4.69) is 0 Å². The average molecular weight is 306 g/mol. The lowest BCUT2D eigenvalue weighted by Crippen LogP contribution is -2.25. The smallest absolute Gasteiger partial charge is 0.128 e. The second kappa shape index (κ2) is 6.18. The molecular formula is C16H16F2N2S. The first-order valence-electron chi connectivity index (χ1n) is 6.48. The van der Waals surface area contributed by atoms with E-state index in [1.54, 1.807) is 31.3 Å². The molecule has 2 aromatic rings. The van der Waals surface area contributed by atoms with Crippen LogP contribution in [0.15, 0.2) is 42.5 Å². The van der Waals surface area contributed by atoms with Crippen LogP contribution in [-0.2, 0) is 0 Å². The monoisotopic (exact) mass is 306 g/mol. The van der Waals surface area contributed by atoms with Crippen molar-refractivity contribution in [2.24, 2.45) is 5.73 Å². The first-order valence-corrected chi connectivity index (χ1v) is 6.89. The van der Waals surface area contributed by atoms with Gasteiger partial charge in [0.2, 0.25) is 0 Å². The third-order valence-corrected chi connectivity index (χ3v) is 3.76. The van der Waals surface area contributed by atoms with Crippen LogP contribution in [-0.4, -0.2) is 12.0 Å². The van der Waals surface area contributed by atoms with Crippen molar-refractivity contribution in [3.05, 3.63) is 65.2 Å². The van der Waals surface area contributed by atoms with Gasteiger partial charge in [-0.2, -0.15) is 0 Å². The molecule has 0 saturated heterocycles. The standard InChI is InChI=1S/C16H16F2N2S/c1-10(12-5-3-4-6-14(12)18)20(2)15-8-7-11(17)9-13(15)16(19)21/h3-10H,1-2H3,(H2,19,21). The van der Waals surface area contributed by atoms with E-state index < -0.39 is 5.82 Å². The van der Waals surface area contributed by atoms with E-state index in [1.165, 1.54) is 18.2 Å². The van der Waals surface area contributed by atoms with Crippen LogP contribution in [0, 0.1) is 11.6 Å². The first kappa shape index (κ1) is 15.4. The normalized spacial score (nSPS) is 12.0. The van der Waals surface area contributed by atoms with Gasteiger partial charge < -0.3 is 10.6 Å². The van der Waals surface area contributed by atoms with Crippen molar-refractivity contribution in [3.63, 3.8) is 0 Å². The van der Waals surface area contributed by atoms with E-state index in [0.29, 0.717) is 16.8 Å². The van der Waals surface area contributed by atoms with Gasteiger partial charge in [-0.25, -0.2) is 8.78 Å². The summed E-state index contributed by atoms with van der Waals surface area (Å²) >= 11 is 4.97. The Hall–Kier alpha value is -2.01. The van der Waals surface area contributed by atoms with E-state index in [1.807, 2.05) is 11.8 Å². The maximum absolute atomic E-state index is 13.9. The summed E-state index contributed by atoms with van der Waals surface area (Å²) < 4.78 is 27.3. The molecule has 0 aromatic heterocycles. The number of anilines is 1. The lowest BCUT2D eigenvalue weighted by atomic mass is 10.0. The van der Waals surface area contributed by atoms with Gasteiger partial charge in [-0.1, -0.05) is 30.4 Å². The molecule has 0 fully saturated rings. The van der Waals surface area contributed by atoms with E-state index >= 15 is 0 Å². The average Bonchev–Trinajstić information content (AvgIpc) is 2.46. The molecule has 0 saturated carbocycles. The van der Waals surface area contributed by atoms with Crippen LogP contribution in [0.4, 0.5) is 14.5 Å². The van der Waals surface area contributed by atoms with E-state index in [4.69, 9.17) is 18.0 Å².